The number of guanidine groups is 1. The number of nitrogens with two attached hydrogens (primary N) is 1. The van der Waals surface area contributed by atoms with Crippen LogP contribution in [0.3, 0.4) is 0 Å². The van der Waals surface area contributed by atoms with E-state index in [2.05, 4.69) is 20.3 Å². The maximum atomic E-state index is 12.5. The molecular weight excluding hydrogens is 374 g/mol. The van der Waals surface area contributed by atoms with Gasteiger partial charge in [0.1, 0.15) is 11.8 Å². The number of hydrogen-bond donors (Lipinski definition) is 3. The first-order valence-corrected chi connectivity index (χ1v) is 8.49. The molecule has 0 bridgehead atoms. The summed E-state index contributed by atoms with van der Waals surface area (Å²) in [6, 6.07) is 5.21. The number of hydrogen-bond acceptors (Lipinski definition) is 7. The monoisotopic (exact) mass is 391 g/mol. The molecule has 0 atom stereocenters. The lowest BCUT2D eigenvalue weighted by molar-refractivity contribution is -0.126. The number of aromatic nitrogens is 4. The fraction of sp³-hybridized carbons (Fsp3) is 0.167. The summed E-state index contributed by atoms with van der Waals surface area (Å²) in [6.07, 6.45) is 6.38. The molecule has 0 spiro atoms. The molecule has 0 saturated carbocycles. The van der Waals surface area contributed by atoms with Crippen molar-refractivity contribution < 1.29 is 9.59 Å². The number of imidazole rings is 1. The van der Waals surface area contributed by atoms with Gasteiger partial charge < -0.3 is 15.5 Å². The fourth-order valence-corrected chi connectivity index (χ4v) is 2.50. The number of rotatable bonds is 5. The Bertz CT molecular complexity index is 1150. The second-order valence-electron chi connectivity index (χ2n) is 6.10. The lowest BCUT2D eigenvalue weighted by atomic mass is 10.2. The molecule has 146 valence electrons. The first-order chi connectivity index (χ1) is 13.9. The molecule has 3 aromatic rings. The zero-order valence-electron chi connectivity index (χ0n) is 15.5. The zero-order chi connectivity index (χ0) is 21.0. The van der Waals surface area contributed by atoms with Crippen molar-refractivity contribution in [2.24, 2.45) is 5.73 Å². The highest BCUT2D eigenvalue weighted by molar-refractivity contribution is 6.02. The molecule has 3 rings (SSSR count). The highest BCUT2D eigenvalue weighted by Crippen LogP contribution is 2.12. The van der Waals surface area contributed by atoms with E-state index in [-0.39, 0.29) is 29.7 Å². The minimum atomic E-state index is -0.441. The maximum Gasteiger partial charge on any atom is 0.275 e. The molecule has 3 aromatic heterocycles. The van der Waals surface area contributed by atoms with E-state index >= 15 is 0 Å². The van der Waals surface area contributed by atoms with Crippen molar-refractivity contribution in [1.29, 1.82) is 10.7 Å². The third kappa shape index (κ3) is 4.51. The van der Waals surface area contributed by atoms with Crippen molar-refractivity contribution in [1.82, 2.24) is 24.3 Å². The molecule has 0 aromatic carbocycles. The van der Waals surface area contributed by atoms with Crippen molar-refractivity contribution in [3.05, 3.63) is 54.0 Å². The summed E-state index contributed by atoms with van der Waals surface area (Å²) in [7, 11) is 1.43. The number of nitriles is 1. The van der Waals surface area contributed by atoms with E-state index < -0.39 is 5.91 Å². The highest BCUT2D eigenvalue weighted by atomic mass is 16.2. The summed E-state index contributed by atoms with van der Waals surface area (Å²) < 4.78 is 1.55. The van der Waals surface area contributed by atoms with Gasteiger partial charge in [-0.05, 0) is 18.6 Å². The number of carbonyl (C=O) groups is 2. The van der Waals surface area contributed by atoms with Gasteiger partial charge in [0.25, 0.3) is 5.91 Å². The van der Waals surface area contributed by atoms with Crippen LogP contribution in [0.25, 0.3) is 5.65 Å². The summed E-state index contributed by atoms with van der Waals surface area (Å²) in [5, 5.41) is 18.9. The van der Waals surface area contributed by atoms with Crippen LogP contribution in [0.1, 0.15) is 28.3 Å². The molecule has 0 aliphatic carbocycles. The molecule has 29 heavy (non-hydrogen) atoms. The molecule has 0 radical (unpaired) electrons. The molecular formula is C18H17N9O2. The molecule has 2 amide bonds. The number of nitrogens with zero attached hydrogens (tertiary/aromatic N) is 6. The Morgan fingerprint density at radius 3 is 2.90 bits per heavy atom. The SMILES string of the molecule is CN(C(=N)N)C(=O)CCc1cc(NC(=O)c2cn3cc(C#N)nc3cn2)ccn1. The zero-order valence-corrected chi connectivity index (χ0v) is 15.5. The Balaban J connectivity index is 1.68. The molecule has 0 fully saturated rings. The van der Waals surface area contributed by atoms with Gasteiger partial charge in [-0.15, -0.1) is 0 Å². The van der Waals surface area contributed by atoms with Crippen LogP contribution in [-0.4, -0.2) is 49.1 Å². The van der Waals surface area contributed by atoms with Crippen LogP contribution in [-0.2, 0) is 11.2 Å². The van der Waals surface area contributed by atoms with Gasteiger partial charge in [-0.1, -0.05) is 0 Å². The van der Waals surface area contributed by atoms with Gasteiger partial charge in [0, 0.05) is 43.4 Å². The highest BCUT2D eigenvalue weighted by Gasteiger charge is 2.13. The summed E-state index contributed by atoms with van der Waals surface area (Å²) >= 11 is 0. The van der Waals surface area contributed by atoms with Crippen LogP contribution >= 0.6 is 0 Å². The number of nitrogens with one attached hydrogen (secondary N) is 2. The molecule has 4 N–H and O–H groups in total. The predicted molar refractivity (Wildman–Crippen MR) is 103 cm³/mol. The summed E-state index contributed by atoms with van der Waals surface area (Å²) in [5.74, 6) is -1.07. The second kappa shape index (κ2) is 8.13. The average Bonchev–Trinajstić information content (AvgIpc) is 3.14. The lowest BCUT2D eigenvalue weighted by Gasteiger charge is -2.14. The normalized spacial score (nSPS) is 10.3. The minimum absolute atomic E-state index is 0.126. The van der Waals surface area contributed by atoms with Crippen LogP contribution in [0.5, 0.6) is 0 Å². The quantitative estimate of drug-likeness (QED) is 0.421. The fourth-order valence-electron chi connectivity index (χ4n) is 2.50. The van der Waals surface area contributed by atoms with Crippen LogP contribution in [0, 0.1) is 16.7 Å². The van der Waals surface area contributed by atoms with Gasteiger partial charge in [-0.25, -0.2) is 9.97 Å². The smallest absolute Gasteiger partial charge is 0.275 e. The van der Waals surface area contributed by atoms with Crippen LogP contribution in [0.15, 0.2) is 36.9 Å². The van der Waals surface area contributed by atoms with Gasteiger partial charge in [0.05, 0.1) is 6.20 Å². The second-order valence-corrected chi connectivity index (χ2v) is 6.10. The first-order valence-electron chi connectivity index (χ1n) is 8.49. The Labute approximate surface area is 165 Å². The third-order valence-corrected chi connectivity index (χ3v) is 4.09. The summed E-state index contributed by atoms with van der Waals surface area (Å²) in [5.41, 5.74) is 7.22. The number of fused-ring (bicyclic) bond motifs is 1. The van der Waals surface area contributed by atoms with Crippen LogP contribution in [0.4, 0.5) is 5.69 Å². The van der Waals surface area contributed by atoms with Gasteiger partial charge >= 0.3 is 0 Å². The molecule has 0 aliphatic rings. The van der Waals surface area contributed by atoms with Crippen molar-refractivity contribution in [3.63, 3.8) is 0 Å². The van der Waals surface area contributed by atoms with Gasteiger partial charge in [0.15, 0.2) is 17.3 Å². The maximum absolute atomic E-state index is 12.5. The van der Waals surface area contributed by atoms with Crippen molar-refractivity contribution >= 4 is 29.1 Å². The van der Waals surface area contributed by atoms with Gasteiger partial charge in [-0.2, -0.15) is 5.26 Å². The van der Waals surface area contributed by atoms with E-state index in [9.17, 15) is 9.59 Å². The van der Waals surface area contributed by atoms with E-state index in [1.54, 1.807) is 16.5 Å². The molecule has 11 nitrogen and oxygen atoms in total. The minimum Gasteiger partial charge on any atom is -0.370 e. The lowest BCUT2D eigenvalue weighted by Crippen LogP contribution is -2.38. The standard InChI is InChI=1S/C18H17N9O2/c1-26(18(20)21)16(28)3-2-11-6-12(4-5-22-11)25-17(29)14-10-27-9-13(7-19)24-15(27)8-23-14/h4-6,8-10H,2-3H2,1H3,(H3,20,21)(H,22,25,29). The van der Waals surface area contributed by atoms with E-state index in [4.69, 9.17) is 16.4 Å². The Morgan fingerprint density at radius 2 is 2.17 bits per heavy atom. The predicted octanol–water partition coefficient (Wildman–Crippen LogP) is 0.533. The van der Waals surface area contributed by atoms with E-state index in [0.29, 0.717) is 23.4 Å². The average molecular weight is 391 g/mol. The molecule has 3 heterocycles. The van der Waals surface area contributed by atoms with Crippen LogP contribution in [0.2, 0.25) is 0 Å². The molecule has 11 heteroatoms. The Kier molecular flexibility index (Phi) is 5.45. The third-order valence-electron chi connectivity index (χ3n) is 4.09. The Morgan fingerprint density at radius 1 is 1.38 bits per heavy atom. The number of aryl methyl sites for hydroxylation is 1. The molecule has 0 aliphatic heterocycles. The molecule has 0 unspecified atom stereocenters. The summed E-state index contributed by atoms with van der Waals surface area (Å²) in [6.45, 7) is 0. The van der Waals surface area contributed by atoms with Gasteiger partial charge in [0.2, 0.25) is 5.91 Å². The molecule has 0 saturated heterocycles. The van der Waals surface area contributed by atoms with Gasteiger partial charge in [-0.3, -0.25) is 24.9 Å². The number of carbonyl (C=O) groups excluding carboxylic acids is 2. The van der Waals surface area contributed by atoms with Crippen molar-refractivity contribution in [3.8, 4) is 6.07 Å². The first kappa shape index (κ1) is 19.4. The Hall–Kier alpha value is -4.33. The van der Waals surface area contributed by atoms with E-state index in [1.165, 1.54) is 31.8 Å². The number of pyridine rings is 1. The van der Waals surface area contributed by atoms with E-state index in [1.807, 2.05) is 6.07 Å². The summed E-state index contributed by atoms with van der Waals surface area (Å²) in [4.78, 5) is 37.7. The number of amides is 2. The number of anilines is 1. The largest absolute Gasteiger partial charge is 0.370 e. The van der Waals surface area contributed by atoms with Crippen molar-refractivity contribution in [2.75, 3.05) is 12.4 Å². The van der Waals surface area contributed by atoms with E-state index in [0.717, 1.165) is 4.90 Å². The van der Waals surface area contributed by atoms with Crippen molar-refractivity contribution in [2.45, 2.75) is 12.8 Å². The van der Waals surface area contributed by atoms with Crippen LogP contribution < -0.4 is 11.1 Å². The topological polar surface area (TPSA) is 166 Å².